The van der Waals surface area contributed by atoms with Crippen molar-refractivity contribution < 1.29 is 9.21 Å². The molecule has 0 radical (unpaired) electrons. The van der Waals surface area contributed by atoms with Gasteiger partial charge in [0.25, 0.3) is 5.89 Å². The van der Waals surface area contributed by atoms with E-state index in [9.17, 15) is 10.1 Å². The summed E-state index contributed by atoms with van der Waals surface area (Å²) in [4.78, 5) is 18.8. The second kappa shape index (κ2) is 7.09. The maximum absolute atomic E-state index is 12.3. The Labute approximate surface area is 150 Å². The summed E-state index contributed by atoms with van der Waals surface area (Å²) >= 11 is 0. The third-order valence-electron chi connectivity index (χ3n) is 4.65. The van der Waals surface area contributed by atoms with Gasteiger partial charge in [-0.25, -0.2) is 4.98 Å². The van der Waals surface area contributed by atoms with Crippen LogP contribution in [0.25, 0.3) is 11.5 Å². The van der Waals surface area contributed by atoms with Crippen molar-refractivity contribution in [2.75, 3.05) is 31.1 Å². The Morgan fingerprint density at radius 1 is 1.38 bits per heavy atom. The van der Waals surface area contributed by atoms with Crippen LogP contribution < -0.4 is 15.5 Å². The maximum atomic E-state index is 12.3. The zero-order valence-electron chi connectivity index (χ0n) is 14.2. The topological polar surface area (TPSA) is 120 Å². The number of carbonyl (C=O) groups excluding carboxylic acids is 1. The first-order valence-electron chi connectivity index (χ1n) is 8.75. The molecular weight excluding hydrogens is 334 g/mol. The SMILES string of the molecule is N#Cc1cnc(N2CCCC2)c(-c2nnc(C(=O)NC3CCNC3)o2)c1. The fourth-order valence-electron chi connectivity index (χ4n) is 3.31. The van der Waals surface area contributed by atoms with E-state index in [0.717, 1.165) is 45.4 Å². The van der Waals surface area contributed by atoms with E-state index in [2.05, 4.69) is 36.8 Å². The molecule has 26 heavy (non-hydrogen) atoms. The lowest BCUT2D eigenvalue weighted by Gasteiger charge is -2.18. The molecule has 0 saturated carbocycles. The first-order valence-corrected chi connectivity index (χ1v) is 8.75. The van der Waals surface area contributed by atoms with Crippen LogP contribution in [0.15, 0.2) is 16.7 Å². The van der Waals surface area contributed by atoms with Crippen LogP contribution in [0.3, 0.4) is 0 Å². The zero-order valence-corrected chi connectivity index (χ0v) is 14.2. The first-order chi connectivity index (χ1) is 12.7. The van der Waals surface area contributed by atoms with Gasteiger partial charge in [-0.2, -0.15) is 5.26 Å². The van der Waals surface area contributed by atoms with Crippen molar-refractivity contribution in [3.05, 3.63) is 23.7 Å². The van der Waals surface area contributed by atoms with Crippen LogP contribution in [-0.2, 0) is 0 Å². The molecule has 2 aromatic rings. The molecular formula is C17H19N7O2. The molecule has 2 N–H and O–H groups in total. The van der Waals surface area contributed by atoms with Crippen molar-refractivity contribution in [3.63, 3.8) is 0 Å². The molecule has 134 valence electrons. The van der Waals surface area contributed by atoms with Crippen molar-refractivity contribution in [3.8, 4) is 17.5 Å². The number of nitrogens with zero attached hydrogens (tertiary/aromatic N) is 5. The number of hydrogen-bond donors (Lipinski definition) is 2. The number of nitrogens with one attached hydrogen (secondary N) is 2. The molecule has 1 atom stereocenters. The first kappa shape index (κ1) is 16.5. The Balaban J connectivity index is 1.61. The normalized spacial score (nSPS) is 19.5. The van der Waals surface area contributed by atoms with E-state index in [1.807, 2.05) is 0 Å². The van der Waals surface area contributed by atoms with E-state index in [4.69, 9.17) is 4.42 Å². The third kappa shape index (κ3) is 3.23. The smallest absolute Gasteiger partial charge is 0.309 e. The van der Waals surface area contributed by atoms with Gasteiger partial charge in [0.05, 0.1) is 11.1 Å². The van der Waals surface area contributed by atoms with Crippen LogP contribution in [0.2, 0.25) is 0 Å². The van der Waals surface area contributed by atoms with Crippen LogP contribution in [-0.4, -0.2) is 53.3 Å². The van der Waals surface area contributed by atoms with E-state index in [1.165, 1.54) is 6.20 Å². The minimum atomic E-state index is -0.385. The van der Waals surface area contributed by atoms with Gasteiger partial charge in [-0.05, 0) is 31.9 Å². The number of amides is 1. The average Bonchev–Trinajstić information content (AvgIpc) is 3.42. The summed E-state index contributed by atoms with van der Waals surface area (Å²) in [5.74, 6) is 0.439. The van der Waals surface area contributed by atoms with E-state index >= 15 is 0 Å². The number of carbonyl (C=O) groups is 1. The fourth-order valence-corrected chi connectivity index (χ4v) is 3.31. The molecule has 1 amide bonds. The van der Waals surface area contributed by atoms with Crippen LogP contribution in [0, 0.1) is 11.3 Å². The number of hydrogen-bond acceptors (Lipinski definition) is 8. The Bertz CT molecular complexity index is 845. The van der Waals surface area contributed by atoms with E-state index in [-0.39, 0.29) is 23.7 Å². The molecule has 9 nitrogen and oxygen atoms in total. The fraction of sp³-hybridized carbons (Fsp3) is 0.471. The monoisotopic (exact) mass is 353 g/mol. The Kier molecular flexibility index (Phi) is 4.50. The number of aromatic nitrogens is 3. The van der Waals surface area contributed by atoms with Gasteiger partial charge in [0.15, 0.2) is 0 Å². The van der Waals surface area contributed by atoms with Gasteiger partial charge in [-0.1, -0.05) is 0 Å². The van der Waals surface area contributed by atoms with Gasteiger partial charge in [-0.15, -0.1) is 10.2 Å². The molecule has 0 aliphatic carbocycles. The lowest BCUT2D eigenvalue weighted by Crippen LogP contribution is -2.36. The quantitative estimate of drug-likeness (QED) is 0.824. The van der Waals surface area contributed by atoms with Crippen molar-refractivity contribution >= 4 is 11.7 Å². The molecule has 9 heteroatoms. The highest BCUT2D eigenvalue weighted by atomic mass is 16.4. The molecule has 4 heterocycles. The second-order valence-corrected chi connectivity index (χ2v) is 6.48. The number of nitriles is 1. The molecule has 4 rings (SSSR count). The number of pyridine rings is 1. The van der Waals surface area contributed by atoms with Crippen LogP contribution in [0.5, 0.6) is 0 Å². The molecule has 2 aliphatic rings. The zero-order chi connectivity index (χ0) is 17.9. The summed E-state index contributed by atoms with van der Waals surface area (Å²) in [5.41, 5.74) is 0.990. The highest BCUT2D eigenvalue weighted by Gasteiger charge is 2.25. The van der Waals surface area contributed by atoms with Crippen molar-refractivity contribution in [1.29, 1.82) is 5.26 Å². The summed E-state index contributed by atoms with van der Waals surface area (Å²) in [5, 5.41) is 23.1. The summed E-state index contributed by atoms with van der Waals surface area (Å²) in [6, 6.07) is 3.82. The van der Waals surface area contributed by atoms with Gasteiger partial charge >= 0.3 is 11.8 Å². The Hall–Kier alpha value is -2.99. The molecule has 2 aliphatic heterocycles. The minimum Gasteiger partial charge on any atom is -0.412 e. The largest absolute Gasteiger partial charge is 0.412 e. The number of anilines is 1. The summed E-state index contributed by atoms with van der Waals surface area (Å²) in [7, 11) is 0. The van der Waals surface area contributed by atoms with Gasteiger partial charge in [0.1, 0.15) is 11.9 Å². The molecule has 2 saturated heterocycles. The molecule has 0 bridgehead atoms. The molecule has 1 unspecified atom stereocenters. The maximum Gasteiger partial charge on any atom is 0.309 e. The standard InChI is InChI=1S/C17H19N7O2/c18-8-11-7-13(14(20-9-11)24-5-1-2-6-24)16-22-23-17(26-16)15(25)21-12-3-4-19-10-12/h7,9,12,19H,1-6,10H2,(H,21,25). The summed E-state index contributed by atoms with van der Waals surface area (Å²) in [6.07, 6.45) is 4.59. The van der Waals surface area contributed by atoms with Gasteiger partial charge in [0, 0.05) is 31.9 Å². The third-order valence-corrected chi connectivity index (χ3v) is 4.65. The Morgan fingerprint density at radius 3 is 2.96 bits per heavy atom. The van der Waals surface area contributed by atoms with Gasteiger partial charge in [0.2, 0.25) is 0 Å². The van der Waals surface area contributed by atoms with Gasteiger partial charge in [-0.3, -0.25) is 4.79 Å². The summed E-state index contributed by atoms with van der Waals surface area (Å²) in [6.45, 7) is 3.40. The van der Waals surface area contributed by atoms with Gasteiger partial charge < -0.3 is 20.0 Å². The van der Waals surface area contributed by atoms with Crippen molar-refractivity contribution in [2.45, 2.75) is 25.3 Å². The molecule has 2 aromatic heterocycles. The highest BCUT2D eigenvalue weighted by molar-refractivity contribution is 5.90. The van der Waals surface area contributed by atoms with Crippen LogP contribution in [0.1, 0.15) is 35.5 Å². The van der Waals surface area contributed by atoms with E-state index < -0.39 is 0 Å². The highest BCUT2D eigenvalue weighted by Crippen LogP contribution is 2.31. The number of rotatable bonds is 4. The lowest BCUT2D eigenvalue weighted by molar-refractivity contribution is 0.0905. The van der Waals surface area contributed by atoms with Crippen LogP contribution in [0.4, 0.5) is 5.82 Å². The molecule has 2 fully saturated rings. The average molecular weight is 353 g/mol. The van der Waals surface area contributed by atoms with Crippen molar-refractivity contribution in [1.82, 2.24) is 25.8 Å². The van der Waals surface area contributed by atoms with E-state index in [0.29, 0.717) is 16.9 Å². The lowest BCUT2D eigenvalue weighted by atomic mass is 10.2. The predicted octanol–water partition coefficient (Wildman–Crippen LogP) is 0.695. The second-order valence-electron chi connectivity index (χ2n) is 6.48. The predicted molar refractivity (Wildman–Crippen MR) is 92.4 cm³/mol. The van der Waals surface area contributed by atoms with Crippen molar-refractivity contribution in [2.24, 2.45) is 0 Å². The van der Waals surface area contributed by atoms with E-state index in [1.54, 1.807) is 6.07 Å². The van der Waals surface area contributed by atoms with Crippen LogP contribution >= 0.6 is 0 Å². The molecule has 0 spiro atoms. The Morgan fingerprint density at radius 2 is 2.23 bits per heavy atom. The molecule has 0 aromatic carbocycles. The minimum absolute atomic E-state index is 0.0709. The summed E-state index contributed by atoms with van der Waals surface area (Å²) < 4.78 is 5.61.